The van der Waals surface area contributed by atoms with Crippen LogP contribution in [0.5, 0.6) is 0 Å². The Morgan fingerprint density at radius 1 is 0.636 bits per heavy atom. The molecule has 0 aromatic heterocycles. The molecule has 0 radical (unpaired) electrons. The van der Waals surface area contributed by atoms with Crippen molar-refractivity contribution < 1.29 is 4.74 Å². The van der Waals surface area contributed by atoms with E-state index < -0.39 is 0 Å². The van der Waals surface area contributed by atoms with Gasteiger partial charge in [0.15, 0.2) is 0 Å². The van der Waals surface area contributed by atoms with E-state index in [4.69, 9.17) is 4.74 Å². The highest BCUT2D eigenvalue weighted by molar-refractivity contribution is 4.68. The molecule has 0 saturated carbocycles. The lowest BCUT2D eigenvalue weighted by Crippen LogP contribution is -2.31. The van der Waals surface area contributed by atoms with Crippen LogP contribution in [0.15, 0.2) is 0 Å². The van der Waals surface area contributed by atoms with Crippen LogP contribution < -0.4 is 0 Å². The minimum absolute atomic E-state index is 0.0156. The molecule has 0 unspecified atom stereocenters. The summed E-state index contributed by atoms with van der Waals surface area (Å²) in [5.74, 6) is 0. The second-order valence-corrected chi connectivity index (χ2v) is 4.33. The van der Waals surface area contributed by atoms with Crippen LogP contribution >= 0.6 is 0 Å². The highest BCUT2D eigenvalue weighted by atomic mass is 16.5. The molecule has 0 amide bonds. The normalized spacial score (nSPS) is 12.0. The fraction of sp³-hybridized carbons (Fsp3) is 1.00. The summed E-state index contributed by atoms with van der Waals surface area (Å²) in [6.07, 6.45) is 0. The minimum atomic E-state index is -0.0156. The summed E-state index contributed by atoms with van der Waals surface area (Å²) < 4.78 is 5.62. The van der Waals surface area contributed by atoms with Crippen LogP contribution in [0.4, 0.5) is 0 Å². The van der Waals surface area contributed by atoms with Crippen molar-refractivity contribution in [1.29, 1.82) is 0 Å². The lowest BCUT2D eigenvalue weighted by Gasteiger charge is -2.30. The molecular weight excluding hydrogens is 136 g/mol. The predicted octanol–water partition coefficient (Wildman–Crippen LogP) is 3.63. The Morgan fingerprint density at radius 2 is 0.818 bits per heavy atom. The third-order valence-corrected chi connectivity index (χ3v) is 0.612. The molecule has 0 bridgehead atoms. The summed E-state index contributed by atoms with van der Waals surface area (Å²) in [6.45, 7) is 16.4. The van der Waals surface area contributed by atoms with Gasteiger partial charge in [-0.1, -0.05) is 13.8 Å². The van der Waals surface area contributed by atoms with E-state index in [1.807, 2.05) is 13.8 Å². The maximum absolute atomic E-state index is 5.62. The quantitative estimate of drug-likeness (QED) is 0.526. The van der Waals surface area contributed by atoms with Gasteiger partial charge >= 0.3 is 0 Å². The van der Waals surface area contributed by atoms with Gasteiger partial charge in [-0.2, -0.15) is 0 Å². The Kier molecular flexibility index (Phi) is 5.86. The third-order valence-electron chi connectivity index (χ3n) is 0.612. The Hall–Kier alpha value is -0.0400. The van der Waals surface area contributed by atoms with E-state index >= 15 is 0 Å². The van der Waals surface area contributed by atoms with Gasteiger partial charge in [0.25, 0.3) is 0 Å². The van der Waals surface area contributed by atoms with E-state index in [2.05, 4.69) is 41.5 Å². The third kappa shape index (κ3) is 17.8. The molecule has 0 aliphatic heterocycles. The molecule has 0 aliphatic carbocycles. The topological polar surface area (TPSA) is 9.23 Å². The monoisotopic (exact) mass is 160 g/mol. The summed E-state index contributed by atoms with van der Waals surface area (Å²) in [5, 5.41) is 0. The molecule has 0 fully saturated rings. The van der Waals surface area contributed by atoms with Gasteiger partial charge < -0.3 is 4.74 Å². The summed E-state index contributed by atoms with van der Waals surface area (Å²) in [5.41, 5.74) is -0.0312. The Morgan fingerprint density at radius 3 is 0.818 bits per heavy atom. The van der Waals surface area contributed by atoms with Gasteiger partial charge in [0.2, 0.25) is 0 Å². The average molecular weight is 160 g/mol. The first-order valence-electron chi connectivity index (χ1n) is 4.41. The molecule has 0 atom stereocenters. The van der Waals surface area contributed by atoms with Crippen LogP contribution in [-0.2, 0) is 4.74 Å². The lowest BCUT2D eigenvalue weighted by molar-refractivity contribution is -0.102. The molecule has 0 rings (SSSR count). The highest BCUT2D eigenvalue weighted by Crippen LogP contribution is 2.17. The molecule has 0 aliphatic rings. The van der Waals surface area contributed by atoms with E-state index in [1.165, 1.54) is 0 Å². The van der Waals surface area contributed by atoms with Crippen molar-refractivity contribution in [1.82, 2.24) is 0 Å². The smallest absolute Gasteiger partial charge is 0.0605 e. The SMILES string of the molecule is CC.CC(C)(C)OC(C)(C)C. The van der Waals surface area contributed by atoms with Crippen LogP contribution in [0, 0.1) is 0 Å². The van der Waals surface area contributed by atoms with Crippen molar-refractivity contribution in [3.63, 3.8) is 0 Å². The zero-order valence-corrected chi connectivity index (χ0v) is 9.41. The van der Waals surface area contributed by atoms with Gasteiger partial charge in [-0.15, -0.1) is 0 Å². The molecule has 0 saturated heterocycles. The van der Waals surface area contributed by atoms with E-state index in [9.17, 15) is 0 Å². The summed E-state index contributed by atoms with van der Waals surface area (Å²) >= 11 is 0. The summed E-state index contributed by atoms with van der Waals surface area (Å²) in [7, 11) is 0. The number of ether oxygens (including phenoxy) is 1. The van der Waals surface area contributed by atoms with Crippen LogP contribution in [0.2, 0.25) is 0 Å². The maximum atomic E-state index is 5.62. The van der Waals surface area contributed by atoms with Crippen LogP contribution in [0.25, 0.3) is 0 Å². The molecule has 0 spiro atoms. The first-order chi connectivity index (χ1) is 4.71. The van der Waals surface area contributed by atoms with Gasteiger partial charge in [-0.25, -0.2) is 0 Å². The Balaban J connectivity index is 0. The van der Waals surface area contributed by atoms with Crippen LogP contribution in [0.3, 0.4) is 0 Å². The average Bonchev–Trinajstić information content (AvgIpc) is 1.60. The standard InChI is InChI=1S/C8H18O.C2H6/c1-7(2,3)9-8(4,5)6;1-2/h1-6H3;1-2H3. The molecule has 1 heteroatoms. The molecule has 0 heterocycles. The first kappa shape index (κ1) is 13.5. The van der Waals surface area contributed by atoms with Gasteiger partial charge in [0, 0.05) is 0 Å². The van der Waals surface area contributed by atoms with Crippen molar-refractivity contribution in [3.05, 3.63) is 0 Å². The van der Waals surface area contributed by atoms with E-state index in [0.717, 1.165) is 0 Å². The lowest BCUT2D eigenvalue weighted by atomic mass is 10.1. The molecule has 70 valence electrons. The fourth-order valence-corrected chi connectivity index (χ4v) is 0.919. The van der Waals surface area contributed by atoms with Crippen molar-refractivity contribution in [2.75, 3.05) is 0 Å². The van der Waals surface area contributed by atoms with E-state index in [0.29, 0.717) is 0 Å². The van der Waals surface area contributed by atoms with Gasteiger partial charge in [0.05, 0.1) is 11.2 Å². The molecule has 11 heavy (non-hydrogen) atoms. The molecule has 0 N–H and O–H groups in total. The van der Waals surface area contributed by atoms with Crippen molar-refractivity contribution in [2.24, 2.45) is 0 Å². The summed E-state index contributed by atoms with van der Waals surface area (Å²) in [6, 6.07) is 0. The Bertz CT molecular complexity index is 70.0. The second kappa shape index (κ2) is 4.76. The zero-order valence-electron chi connectivity index (χ0n) is 9.41. The van der Waals surface area contributed by atoms with Crippen LogP contribution in [0.1, 0.15) is 55.4 Å². The van der Waals surface area contributed by atoms with Crippen molar-refractivity contribution in [3.8, 4) is 0 Å². The second-order valence-electron chi connectivity index (χ2n) is 4.33. The minimum Gasteiger partial charge on any atom is -0.370 e. The first-order valence-corrected chi connectivity index (χ1v) is 4.41. The summed E-state index contributed by atoms with van der Waals surface area (Å²) in [4.78, 5) is 0. The van der Waals surface area contributed by atoms with Gasteiger partial charge in [0.1, 0.15) is 0 Å². The van der Waals surface area contributed by atoms with E-state index in [1.54, 1.807) is 0 Å². The van der Waals surface area contributed by atoms with Crippen molar-refractivity contribution >= 4 is 0 Å². The number of rotatable bonds is 0. The predicted molar refractivity (Wildman–Crippen MR) is 51.9 cm³/mol. The number of hydrogen-bond donors (Lipinski definition) is 0. The molecule has 0 aromatic carbocycles. The van der Waals surface area contributed by atoms with E-state index in [-0.39, 0.29) is 11.2 Å². The van der Waals surface area contributed by atoms with Crippen LogP contribution in [-0.4, -0.2) is 11.2 Å². The molecular formula is C10H24O. The largest absolute Gasteiger partial charge is 0.370 e. The maximum Gasteiger partial charge on any atom is 0.0605 e. The Labute approximate surface area is 72.1 Å². The fourth-order valence-electron chi connectivity index (χ4n) is 0.919. The molecule has 0 aromatic rings. The number of hydrogen-bond acceptors (Lipinski definition) is 1. The highest BCUT2D eigenvalue weighted by Gasteiger charge is 2.19. The zero-order chi connectivity index (χ0) is 9.71. The van der Waals surface area contributed by atoms with Gasteiger partial charge in [-0.05, 0) is 41.5 Å². The van der Waals surface area contributed by atoms with Crippen molar-refractivity contribution in [2.45, 2.75) is 66.6 Å². The van der Waals surface area contributed by atoms with Gasteiger partial charge in [-0.3, -0.25) is 0 Å². The molecule has 1 nitrogen and oxygen atoms in total.